The molecule has 1 rings (SSSR count). The molecule has 3 nitrogen and oxygen atoms in total. The maximum Gasteiger partial charge on any atom is 0.103 e. The van der Waals surface area contributed by atoms with E-state index in [9.17, 15) is 0 Å². The van der Waals surface area contributed by atoms with Crippen molar-refractivity contribution in [3.8, 4) is 0 Å². The van der Waals surface area contributed by atoms with E-state index in [0.29, 0.717) is 0 Å². The first-order valence-corrected chi connectivity index (χ1v) is 5.53. The third-order valence-electron chi connectivity index (χ3n) is 2.35. The minimum atomic E-state index is 0.873. The van der Waals surface area contributed by atoms with Gasteiger partial charge in [-0.3, -0.25) is 9.98 Å². The highest BCUT2D eigenvalue weighted by Gasteiger charge is 2.04. The van der Waals surface area contributed by atoms with Crippen LogP contribution in [0.15, 0.2) is 11.2 Å². The molecular formula is C12H19N3. The topological polar surface area (TPSA) is 38.1 Å². The van der Waals surface area contributed by atoms with Gasteiger partial charge in [-0.2, -0.15) is 0 Å². The molecule has 0 aromatic carbocycles. The van der Waals surface area contributed by atoms with E-state index < -0.39 is 0 Å². The van der Waals surface area contributed by atoms with E-state index in [1.807, 2.05) is 20.0 Å². The lowest BCUT2D eigenvalue weighted by molar-refractivity contribution is 0.921. The van der Waals surface area contributed by atoms with Crippen LogP contribution in [0.3, 0.4) is 0 Å². The van der Waals surface area contributed by atoms with Crippen molar-refractivity contribution in [1.82, 2.24) is 9.97 Å². The molecule has 1 aromatic heterocycles. The average molecular weight is 205 g/mol. The van der Waals surface area contributed by atoms with Gasteiger partial charge in [0.05, 0.1) is 23.3 Å². The summed E-state index contributed by atoms with van der Waals surface area (Å²) in [4.78, 5) is 13.3. The van der Waals surface area contributed by atoms with Gasteiger partial charge in [-0.1, -0.05) is 13.8 Å². The Bertz CT molecular complexity index is 356. The Balaban J connectivity index is 2.97. The average Bonchev–Trinajstić information content (AvgIpc) is 2.24. The molecule has 0 saturated heterocycles. The predicted molar refractivity (Wildman–Crippen MR) is 63.5 cm³/mol. The van der Waals surface area contributed by atoms with Crippen LogP contribution in [0.1, 0.15) is 43.8 Å². The Hall–Kier alpha value is -1.25. The van der Waals surface area contributed by atoms with Crippen LogP contribution in [-0.2, 0) is 0 Å². The summed E-state index contributed by atoms with van der Waals surface area (Å²) in [6, 6.07) is 0. The number of aryl methyl sites for hydroxylation is 2. The van der Waals surface area contributed by atoms with Crippen LogP contribution >= 0.6 is 0 Å². The molecule has 0 radical (unpaired) electrons. The minimum Gasteiger partial charge on any atom is -0.287 e. The fourth-order valence-corrected chi connectivity index (χ4v) is 1.30. The van der Waals surface area contributed by atoms with Crippen molar-refractivity contribution in [3.63, 3.8) is 0 Å². The molecule has 0 atom stereocenters. The molecule has 0 fully saturated rings. The summed E-state index contributed by atoms with van der Waals surface area (Å²) in [5.74, 6) is 0. The second-order valence-corrected chi connectivity index (χ2v) is 3.61. The Kier molecular flexibility index (Phi) is 4.40. The van der Waals surface area contributed by atoms with Crippen LogP contribution < -0.4 is 0 Å². The van der Waals surface area contributed by atoms with Crippen molar-refractivity contribution in [2.45, 2.75) is 40.5 Å². The smallest absolute Gasteiger partial charge is 0.103 e. The molecule has 3 heteroatoms. The summed E-state index contributed by atoms with van der Waals surface area (Å²) < 4.78 is 0. The molecule has 0 saturated carbocycles. The molecule has 0 aliphatic rings. The number of rotatable bonds is 4. The summed E-state index contributed by atoms with van der Waals surface area (Å²) in [6.45, 7) is 9.06. The summed E-state index contributed by atoms with van der Waals surface area (Å²) in [7, 11) is 0. The van der Waals surface area contributed by atoms with E-state index in [2.05, 4.69) is 28.8 Å². The zero-order chi connectivity index (χ0) is 11.3. The Morgan fingerprint density at radius 1 is 1.27 bits per heavy atom. The fourth-order valence-electron chi connectivity index (χ4n) is 1.30. The molecule has 1 aromatic rings. The first kappa shape index (κ1) is 11.8. The van der Waals surface area contributed by atoms with Gasteiger partial charge in [0.1, 0.15) is 5.69 Å². The van der Waals surface area contributed by atoms with Crippen molar-refractivity contribution >= 4 is 5.71 Å². The third-order valence-corrected chi connectivity index (χ3v) is 2.35. The maximum atomic E-state index is 4.52. The number of aliphatic imine (C=N–C) groups is 1. The summed E-state index contributed by atoms with van der Waals surface area (Å²) in [5.41, 5.74) is 3.97. The fraction of sp³-hybridized carbons (Fsp3) is 0.583. The molecule has 0 spiro atoms. The predicted octanol–water partition coefficient (Wildman–Crippen LogP) is 2.70. The maximum absolute atomic E-state index is 4.52. The number of hydrogen-bond donors (Lipinski definition) is 0. The van der Waals surface area contributed by atoms with Gasteiger partial charge in [-0.05, 0) is 26.7 Å². The normalized spacial score (nSPS) is 11.9. The molecule has 15 heavy (non-hydrogen) atoms. The van der Waals surface area contributed by atoms with Gasteiger partial charge in [0.15, 0.2) is 0 Å². The van der Waals surface area contributed by atoms with E-state index >= 15 is 0 Å². The Morgan fingerprint density at radius 2 is 2.00 bits per heavy atom. The minimum absolute atomic E-state index is 0.873. The van der Waals surface area contributed by atoms with Gasteiger partial charge in [-0.15, -0.1) is 0 Å². The van der Waals surface area contributed by atoms with E-state index in [4.69, 9.17) is 0 Å². The quantitative estimate of drug-likeness (QED) is 0.709. The molecule has 82 valence electrons. The molecule has 1 heterocycles. The van der Waals surface area contributed by atoms with Crippen molar-refractivity contribution < 1.29 is 0 Å². The lowest BCUT2D eigenvalue weighted by atomic mass is 10.2. The first-order valence-electron chi connectivity index (χ1n) is 5.53. The zero-order valence-electron chi connectivity index (χ0n) is 10.0. The van der Waals surface area contributed by atoms with Crippen LogP contribution in [0, 0.1) is 13.8 Å². The van der Waals surface area contributed by atoms with Crippen molar-refractivity contribution in [1.29, 1.82) is 0 Å². The monoisotopic (exact) mass is 205 g/mol. The van der Waals surface area contributed by atoms with Crippen molar-refractivity contribution in [2.75, 3.05) is 6.54 Å². The van der Waals surface area contributed by atoms with Gasteiger partial charge < -0.3 is 0 Å². The highest BCUT2D eigenvalue weighted by molar-refractivity contribution is 5.98. The molecule has 0 unspecified atom stereocenters. The highest BCUT2D eigenvalue weighted by Crippen LogP contribution is 2.05. The Labute approximate surface area is 91.7 Å². The van der Waals surface area contributed by atoms with Gasteiger partial charge in [0.2, 0.25) is 0 Å². The van der Waals surface area contributed by atoms with Crippen molar-refractivity contribution in [3.05, 3.63) is 23.3 Å². The molecule has 0 aliphatic heterocycles. The molecule has 0 aliphatic carbocycles. The van der Waals surface area contributed by atoms with Gasteiger partial charge >= 0.3 is 0 Å². The third kappa shape index (κ3) is 3.11. The van der Waals surface area contributed by atoms with E-state index in [1.54, 1.807) is 0 Å². The van der Waals surface area contributed by atoms with Crippen LogP contribution in [-0.4, -0.2) is 22.2 Å². The summed E-state index contributed by atoms with van der Waals surface area (Å²) in [5, 5.41) is 0. The van der Waals surface area contributed by atoms with E-state index in [0.717, 1.165) is 42.2 Å². The zero-order valence-corrected chi connectivity index (χ0v) is 10.0. The van der Waals surface area contributed by atoms with Gasteiger partial charge in [-0.25, -0.2) is 4.98 Å². The van der Waals surface area contributed by atoms with E-state index in [-0.39, 0.29) is 0 Å². The van der Waals surface area contributed by atoms with Crippen LogP contribution in [0.4, 0.5) is 0 Å². The van der Waals surface area contributed by atoms with E-state index in [1.165, 1.54) is 0 Å². The SMILES string of the molecule is CCCN=C(CC)c1cnc(C)c(C)n1. The Morgan fingerprint density at radius 3 is 2.53 bits per heavy atom. The van der Waals surface area contributed by atoms with Crippen LogP contribution in [0.25, 0.3) is 0 Å². The van der Waals surface area contributed by atoms with Gasteiger partial charge in [0, 0.05) is 6.54 Å². The number of aromatic nitrogens is 2. The number of hydrogen-bond acceptors (Lipinski definition) is 3. The largest absolute Gasteiger partial charge is 0.287 e. The lowest BCUT2D eigenvalue weighted by Gasteiger charge is -2.05. The summed E-state index contributed by atoms with van der Waals surface area (Å²) in [6.07, 6.45) is 3.80. The van der Waals surface area contributed by atoms with Crippen LogP contribution in [0.5, 0.6) is 0 Å². The lowest BCUT2D eigenvalue weighted by Crippen LogP contribution is -2.06. The second kappa shape index (κ2) is 5.59. The molecule has 0 amide bonds. The van der Waals surface area contributed by atoms with Gasteiger partial charge in [0.25, 0.3) is 0 Å². The molecule has 0 N–H and O–H groups in total. The highest BCUT2D eigenvalue weighted by atomic mass is 14.8. The standard InChI is InChI=1S/C12H19N3/c1-5-7-13-11(6-2)12-8-14-9(3)10(4)15-12/h8H,5-7H2,1-4H3. The molecule has 0 bridgehead atoms. The first-order chi connectivity index (χ1) is 7.19. The molecular weight excluding hydrogens is 186 g/mol. The summed E-state index contributed by atoms with van der Waals surface area (Å²) >= 11 is 0. The van der Waals surface area contributed by atoms with Crippen molar-refractivity contribution in [2.24, 2.45) is 4.99 Å². The van der Waals surface area contributed by atoms with Crippen LogP contribution in [0.2, 0.25) is 0 Å². The second-order valence-electron chi connectivity index (χ2n) is 3.61. The number of nitrogens with zero attached hydrogens (tertiary/aromatic N) is 3.